The van der Waals surface area contributed by atoms with E-state index in [0.29, 0.717) is 0 Å². The van der Waals surface area contributed by atoms with E-state index in [1.807, 2.05) is 13.0 Å². The van der Waals surface area contributed by atoms with Crippen molar-refractivity contribution in [3.63, 3.8) is 0 Å². The molecule has 0 aromatic carbocycles. The third-order valence-corrected chi connectivity index (χ3v) is 2.92. The van der Waals surface area contributed by atoms with E-state index in [-0.39, 0.29) is 6.04 Å². The van der Waals surface area contributed by atoms with Gasteiger partial charge >= 0.3 is 0 Å². The molecule has 1 nitrogen and oxygen atoms in total. The molecule has 0 spiro atoms. The largest absolute Gasteiger partial charge is 0.324 e. The van der Waals surface area contributed by atoms with E-state index in [2.05, 4.69) is 48.2 Å². The van der Waals surface area contributed by atoms with E-state index in [4.69, 9.17) is 5.73 Å². The summed E-state index contributed by atoms with van der Waals surface area (Å²) in [5.41, 5.74) is 8.72. The Morgan fingerprint density at radius 1 is 1.27 bits per heavy atom. The highest BCUT2D eigenvalue weighted by atomic mass is 127. The molecule has 0 aliphatic heterocycles. The molecule has 0 aliphatic carbocycles. The van der Waals surface area contributed by atoms with Crippen molar-refractivity contribution >= 4 is 22.6 Å². The molecule has 0 aromatic heterocycles. The Kier molecular flexibility index (Phi) is 9.57. The van der Waals surface area contributed by atoms with Crippen LogP contribution in [0.25, 0.3) is 0 Å². The maximum Gasteiger partial charge on any atom is 0.0270 e. The third kappa shape index (κ3) is 12.1. The molecule has 2 heteroatoms. The highest BCUT2D eigenvalue weighted by molar-refractivity contribution is 14.1. The van der Waals surface area contributed by atoms with E-state index in [1.54, 1.807) is 0 Å². The van der Waals surface area contributed by atoms with Gasteiger partial charge in [-0.2, -0.15) is 0 Å². The van der Waals surface area contributed by atoms with Gasteiger partial charge in [0, 0.05) is 9.97 Å². The molecular weight excluding hydrogens is 297 g/mol. The van der Waals surface area contributed by atoms with Crippen LogP contribution in [0.5, 0.6) is 0 Å². The Morgan fingerprint density at radius 2 is 1.93 bits per heavy atom. The first-order valence-corrected chi connectivity index (χ1v) is 7.07. The summed E-state index contributed by atoms with van der Waals surface area (Å²) in [4.78, 5) is 0. The summed E-state index contributed by atoms with van der Waals surface area (Å²) in [6, 6.07) is 0.122. The smallest absolute Gasteiger partial charge is 0.0270 e. The molecule has 0 saturated carbocycles. The number of hydrogen-bond acceptors (Lipinski definition) is 1. The molecule has 0 amide bonds. The van der Waals surface area contributed by atoms with Crippen molar-refractivity contribution in [1.82, 2.24) is 0 Å². The SMILES string of the molecule is CC(N)C=C=CCC(C)CCC[C@@H](C)I. The van der Waals surface area contributed by atoms with Gasteiger partial charge in [-0.25, -0.2) is 0 Å². The van der Waals surface area contributed by atoms with Crippen molar-refractivity contribution < 1.29 is 0 Å². The van der Waals surface area contributed by atoms with Crippen LogP contribution in [0, 0.1) is 5.92 Å². The first-order valence-electron chi connectivity index (χ1n) is 5.83. The lowest BCUT2D eigenvalue weighted by molar-refractivity contribution is 0.505. The number of rotatable bonds is 7. The van der Waals surface area contributed by atoms with Crippen LogP contribution in [0.4, 0.5) is 0 Å². The minimum Gasteiger partial charge on any atom is -0.324 e. The molecular formula is C13H24IN. The molecule has 0 fully saturated rings. The molecule has 3 atom stereocenters. The monoisotopic (exact) mass is 321 g/mol. The second-order valence-corrected chi connectivity index (χ2v) is 6.58. The van der Waals surface area contributed by atoms with Gasteiger partial charge in [-0.3, -0.25) is 0 Å². The molecule has 0 bridgehead atoms. The molecule has 0 radical (unpaired) electrons. The Labute approximate surface area is 108 Å². The Hall–Kier alpha value is 0.210. The lowest BCUT2D eigenvalue weighted by atomic mass is 10.00. The van der Waals surface area contributed by atoms with Crippen molar-refractivity contribution in [1.29, 1.82) is 0 Å². The van der Waals surface area contributed by atoms with Gasteiger partial charge in [0.1, 0.15) is 0 Å². The van der Waals surface area contributed by atoms with Crippen molar-refractivity contribution in [3.8, 4) is 0 Å². The summed E-state index contributed by atoms with van der Waals surface area (Å²) in [5.74, 6) is 0.772. The Bertz CT molecular complexity index is 203. The van der Waals surface area contributed by atoms with Crippen LogP contribution in [-0.4, -0.2) is 9.97 Å². The second-order valence-electron chi connectivity index (χ2n) is 4.45. The quantitative estimate of drug-likeness (QED) is 0.427. The van der Waals surface area contributed by atoms with E-state index >= 15 is 0 Å². The number of alkyl halides is 1. The van der Waals surface area contributed by atoms with Crippen molar-refractivity contribution in [3.05, 3.63) is 17.9 Å². The molecule has 15 heavy (non-hydrogen) atoms. The highest BCUT2D eigenvalue weighted by Crippen LogP contribution is 2.16. The highest BCUT2D eigenvalue weighted by Gasteiger charge is 2.01. The van der Waals surface area contributed by atoms with Crippen LogP contribution in [0.1, 0.15) is 46.5 Å². The molecule has 0 aromatic rings. The zero-order chi connectivity index (χ0) is 11.7. The van der Waals surface area contributed by atoms with Gasteiger partial charge < -0.3 is 5.73 Å². The minimum absolute atomic E-state index is 0.122. The van der Waals surface area contributed by atoms with E-state index < -0.39 is 0 Å². The molecule has 2 unspecified atom stereocenters. The third-order valence-electron chi connectivity index (χ3n) is 2.30. The van der Waals surface area contributed by atoms with Crippen LogP contribution in [-0.2, 0) is 0 Å². The predicted octanol–water partition coefficient (Wildman–Crippen LogP) is 4.06. The van der Waals surface area contributed by atoms with Gasteiger partial charge in [-0.05, 0) is 37.8 Å². The van der Waals surface area contributed by atoms with Gasteiger partial charge in [0.2, 0.25) is 0 Å². The summed E-state index contributed by atoms with van der Waals surface area (Å²) in [5, 5.41) is 0. The lowest BCUT2D eigenvalue weighted by Gasteiger charge is -2.08. The second kappa shape index (κ2) is 9.44. The number of hydrogen-bond donors (Lipinski definition) is 1. The standard InChI is InChI=1S/C13H24IN/c1-11(8-6-9-12(2)14)7-4-5-10-13(3)15/h4,10-13H,6-9,15H2,1-3H3/t5?,11?,12-,13?/m1/s1. The predicted molar refractivity (Wildman–Crippen MR) is 77.4 cm³/mol. The van der Waals surface area contributed by atoms with Gasteiger partial charge in [0.15, 0.2) is 0 Å². The van der Waals surface area contributed by atoms with Crippen LogP contribution in [0.3, 0.4) is 0 Å². The molecule has 0 rings (SSSR count). The van der Waals surface area contributed by atoms with E-state index in [0.717, 1.165) is 16.3 Å². The average molecular weight is 321 g/mol. The van der Waals surface area contributed by atoms with Crippen LogP contribution in [0.15, 0.2) is 17.9 Å². The summed E-state index contributed by atoms with van der Waals surface area (Å²) in [6.07, 6.45) is 9.16. The summed E-state index contributed by atoms with van der Waals surface area (Å²) < 4.78 is 0.809. The molecule has 0 heterocycles. The van der Waals surface area contributed by atoms with E-state index in [9.17, 15) is 0 Å². The minimum atomic E-state index is 0.122. The van der Waals surface area contributed by atoms with Crippen LogP contribution < -0.4 is 5.73 Å². The van der Waals surface area contributed by atoms with Gasteiger partial charge in [0.05, 0.1) is 0 Å². The fourth-order valence-electron chi connectivity index (χ4n) is 1.35. The number of nitrogens with two attached hydrogens (primary N) is 1. The maximum atomic E-state index is 5.58. The van der Waals surface area contributed by atoms with Crippen molar-refractivity contribution in [2.75, 3.05) is 0 Å². The average Bonchev–Trinajstić information content (AvgIpc) is 2.11. The van der Waals surface area contributed by atoms with Gasteiger partial charge in [0.25, 0.3) is 0 Å². The fourth-order valence-corrected chi connectivity index (χ4v) is 1.79. The van der Waals surface area contributed by atoms with Crippen molar-refractivity contribution in [2.24, 2.45) is 11.7 Å². The van der Waals surface area contributed by atoms with Gasteiger partial charge in [-0.15, -0.1) is 5.73 Å². The van der Waals surface area contributed by atoms with Gasteiger partial charge in [-0.1, -0.05) is 49.3 Å². The Balaban J connectivity index is 3.57. The van der Waals surface area contributed by atoms with E-state index in [1.165, 1.54) is 19.3 Å². The maximum absolute atomic E-state index is 5.58. The lowest BCUT2D eigenvalue weighted by Crippen LogP contribution is -2.09. The van der Waals surface area contributed by atoms with Crippen LogP contribution in [0.2, 0.25) is 0 Å². The summed E-state index contributed by atoms with van der Waals surface area (Å²) in [6.45, 7) is 6.55. The van der Waals surface area contributed by atoms with Crippen molar-refractivity contribution in [2.45, 2.75) is 56.4 Å². The first-order chi connectivity index (χ1) is 7.02. The van der Waals surface area contributed by atoms with Crippen LogP contribution >= 0.6 is 22.6 Å². The normalized spacial score (nSPS) is 16.3. The zero-order valence-electron chi connectivity index (χ0n) is 10.2. The summed E-state index contributed by atoms with van der Waals surface area (Å²) in [7, 11) is 0. The molecule has 0 saturated heterocycles. The topological polar surface area (TPSA) is 26.0 Å². The first kappa shape index (κ1) is 15.2. The number of halogens is 1. The fraction of sp³-hybridized carbons (Fsp3) is 0.769. The molecule has 88 valence electrons. The molecule has 2 N–H and O–H groups in total. The Morgan fingerprint density at radius 3 is 2.47 bits per heavy atom. The summed E-state index contributed by atoms with van der Waals surface area (Å²) >= 11 is 2.49. The zero-order valence-corrected chi connectivity index (χ0v) is 12.3. The molecule has 0 aliphatic rings.